The average Bonchev–Trinajstić information content (AvgIpc) is 2.78. The van der Waals surface area contributed by atoms with Crippen molar-refractivity contribution in [2.75, 3.05) is 18.0 Å². The molecule has 1 atom stereocenters. The normalized spacial score (nSPS) is 20.6. The predicted octanol–water partition coefficient (Wildman–Crippen LogP) is 2.51. The van der Waals surface area contributed by atoms with Gasteiger partial charge in [-0.1, -0.05) is 0 Å². The summed E-state index contributed by atoms with van der Waals surface area (Å²) in [5.41, 5.74) is -0.404. The maximum absolute atomic E-state index is 12.4. The van der Waals surface area contributed by atoms with Crippen molar-refractivity contribution < 1.29 is 17.6 Å². The first-order valence-corrected chi connectivity index (χ1v) is 5.21. The minimum Gasteiger partial charge on any atom is -0.355 e. The van der Waals surface area contributed by atoms with E-state index in [0.717, 1.165) is 6.20 Å². The zero-order valence-corrected chi connectivity index (χ0v) is 8.86. The van der Waals surface area contributed by atoms with Gasteiger partial charge in [-0.3, -0.25) is 0 Å². The van der Waals surface area contributed by atoms with E-state index in [2.05, 4.69) is 9.97 Å². The molecule has 0 N–H and O–H groups in total. The van der Waals surface area contributed by atoms with Crippen molar-refractivity contribution in [1.29, 1.82) is 0 Å². The van der Waals surface area contributed by atoms with Gasteiger partial charge >= 0.3 is 0 Å². The van der Waals surface area contributed by atoms with Crippen molar-refractivity contribution in [3.63, 3.8) is 0 Å². The smallest absolute Gasteiger partial charge is 0.281 e. The molecule has 2 heterocycles. The van der Waals surface area contributed by atoms with Crippen LogP contribution < -0.4 is 4.90 Å². The van der Waals surface area contributed by atoms with Crippen LogP contribution >= 0.6 is 0 Å². The van der Waals surface area contributed by atoms with Crippen molar-refractivity contribution in [2.45, 2.75) is 19.3 Å². The predicted molar refractivity (Wildman–Crippen MR) is 53.3 cm³/mol. The van der Waals surface area contributed by atoms with Gasteiger partial charge in [0, 0.05) is 19.0 Å². The highest BCUT2D eigenvalue weighted by Gasteiger charge is 2.30. The molecule has 1 aliphatic heterocycles. The van der Waals surface area contributed by atoms with Crippen LogP contribution in [0.4, 0.5) is 23.4 Å². The van der Waals surface area contributed by atoms with Gasteiger partial charge in [0.05, 0.1) is 12.4 Å². The summed E-state index contributed by atoms with van der Waals surface area (Å²) in [5.74, 6) is -0.302. The number of hydrogen-bond donors (Lipinski definition) is 0. The van der Waals surface area contributed by atoms with Gasteiger partial charge in [-0.05, 0) is 6.42 Å². The van der Waals surface area contributed by atoms with Crippen LogP contribution in [0.2, 0.25) is 0 Å². The molecule has 0 amide bonds. The van der Waals surface area contributed by atoms with E-state index in [1.165, 1.54) is 6.20 Å². The molecular weight excluding hydrogens is 238 g/mol. The standard InChI is InChI=1S/C10H11F4N3/c11-9(12)6-1-2-17(5-6)8-4-15-7(3-16-8)10(13)14/h3-4,6,9-10H,1-2,5H2/t6-/m0/s1. The Morgan fingerprint density at radius 3 is 2.41 bits per heavy atom. The fraction of sp³-hybridized carbons (Fsp3) is 0.600. The Morgan fingerprint density at radius 2 is 1.94 bits per heavy atom. The molecule has 0 spiro atoms. The highest BCUT2D eigenvalue weighted by molar-refractivity contribution is 5.37. The molecular formula is C10H11F4N3. The maximum Gasteiger partial charge on any atom is 0.281 e. The molecule has 0 saturated carbocycles. The lowest BCUT2D eigenvalue weighted by molar-refractivity contribution is 0.0880. The third-order valence-electron chi connectivity index (χ3n) is 2.79. The zero-order valence-electron chi connectivity index (χ0n) is 8.86. The molecule has 7 heteroatoms. The molecule has 94 valence electrons. The number of aromatic nitrogens is 2. The summed E-state index contributed by atoms with van der Waals surface area (Å²) in [7, 11) is 0. The Balaban J connectivity index is 2.04. The number of nitrogens with zero attached hydrogens (tertiary/aromatic N) is 3. The topological polar surface area (TPSA) is 29.0 Å². The summed E-state index contributed by atoms with van der Waals surface area (Å²) < 4.78 is 49.3. The number of hydrogen-bond acceptors (Lipinski definition) is 3. The second kappa shape index (κ2) is 4.85. The van der Waals surface area contributed by atoms with Crippen molar-refractivity contribution in [1.82, 2.24) is 9.97 Å². The zero-order chi connectivity index (χ0) is 12.4. The minimum absolute atomic E-state index is 0.195. The van der Waals surface area contributed by atoms with Crippen LogP contribution in [0.25, 0.3) is 0 Å². The Bertz CT molecular complexity index is 368. The van der Waals surface area contributed by atoms with Crippen LogP contribution in [0, 0.1) is 5.92 Å². The second-order valence-corrected chi connectivity index (χ2v) is 3.93. The van der Waals surface area contributed by atoms with Crippen LogP contribution in [0.1, 0.15) is 18.5 Å². The van der Waals surface area contributed by atoms with Gasteiger partial charge in [0.25, 0.3) is 6.43 Å². The fourth-order valence-corrected chi connectivity index (χ4v) is 1.81. The third kappa shape index (κ3) is 2.65. The first kappa shape index (κ1) is 12.1. The van der Waals surface area contributed by atoms with Crippen molar-refractivity contribution in [2.24, 2.45) is 5.92 Å². The van der Waals surface area contributed by atoms with Gasteiger partial charge < -0.3 is 4.90 Å². The molecule has 0 aromatic carbocycles. The van der Waals surface area contributed by atoms with Crippen LogP contribution in [0.3, 0.4) is 0 Å². The number of alkyl halides is 4. The molecule has 2 rings (SSSR count). The molecule has 0 radical (unpaired) electrons. The first-order valence-electron chi connectivity index (χ1n) is 5.21. The van der Waals surface area contributed by atoms with Gasteiger partial charge in [-0.15, -0.1) is 0 Å². The molecule has 0 unspecified atom stereocenters. The lowest BCUT2D eigenvalue weighted by Gasteiger charge is -2.16. The van der Waals surface area contributed by atoms with Crippen LogP contribution in [-0.4, -0.2) is 29.5 Å². The molecule has 17 heavy (non-hydrogen) atoms. The Labute approximate surface area is 95.5 Å². The molecule has 1 aromatic rings. The van der Waals surface area contributed by atoms with Gasteiger partial charge in [0.1, 0.15) is 11.5 Å². The molecule has 0 bridgehead atoms. The Hall–Kier alpha value is -1.40. The summed E-state index contributed by atoms with van der Waals surface area (Å²) >= 11 is 0. The lowest BCUT2D eigenvalue weighted by atomic mass is 10.1. The largest absolute Gasteiger partial charge is 0.355 e. The van der Waals surface area contributed by atoms with Gasteiger partial charge in [0.2, 0.25) is 6.43 Å². The maximum atomic E-state index is 12.4. The summed E-state index contributed by atoms with van der Waals surface area (Å²) in [6.07, 6.45) is -2.45. The van der Waals surface area contributed by atoms with Gasteiger partial charge in [0.15, 0.2) is 0 Å². The van der Waals surface area contributed by atoms with Crippen LogP contribution in [-0.2, 0) is 0 Å². The average molecular weight is 249 g/mol. The second-order valence-electron chi connectivity index (χ2n) is 3.93. The highest BCUT2D eigenvalue weighted by Crippen LogP contribution is 2.26. The summed E-state index contributed by atoms with van der Waals surface area (Å²) in [4.78, 5) is 9.00. The number of rotatable bonds is 3. The molecule has 1 aliphatic rings. The van der Waals surface area contributed by atoms with E-state index in [1.807, 2.05) is 0 Å². The molecule has 1 aromatic heterocycles. The molecule has 0 aliphatic carbocycles. The summed E-state index contributed by atoms with van der Waals surface area (Å²) in [6, 6.07) is 0. The molecule has 1 fully saturated rings. The van der Waals surface area contributed by atoms with E-state index in [9.17, 15) is 17.6 Å². The summed E-state index contributed by atoms with van der Waals surface area (Å²) in [5, 5.41) is 0. The van der Waals surface area contributed by atoms with Crippen LogP contribution in [0.5, 0.6) is 0 Å². The van der Waals surface area contributed by atoms with E-state index in [1.54, 1.807) is 4.90 Å². The van der Waals surface area contributed by atoms with Crippen molar-refractivity contribution in [3.8, 4) is 0 Å². The van der Waals surface area contributed by atoms with E-state index < -0.39 is 24.5 Å². The van der Waals surface area contributed by atoms with E-state index in [0.29, 0.717) is 18.8 Å². The molecule has 3 nitrogen and oxygen atoms in total. The van der Waals surface area contributed by atoms with Gasteiger partial charge in [-0.2, -0.15) is 0 Å². The fourth-order valence-electron chi connectivity index (χ4n) is 1.81. The first-order chi connectivity index (χ1) is 8.08. The summed E-state index contributed by atoms with van der Waals surface area (Å²) in [6.45, 7) is 0.651. The van der Waals surface area contributed by atoms with Crippen LogP contribution in [0.15, 0.2) is 12.4 Å². The quantitative estimate of drug-likeness (QED) is 0.771. The van der Waals surface area contributed by atoms with Crippen molar-refractivity contribution >= 4 is 5.82 Å². The van der Waals surface area contributed by atoms with E-state index in [4.69, 9.17) is 0 Å². The SMILES string of the molecule is FC(F)c1cnc(N2CC[C@H](C(F)F)C2)cn1. The highest BCUT2D eigenvalue weighted by atomic mass is 19.3. The molecule has 1 saturated heterocycles. The Morgan fingerprint density at radius 1 is 1.18 bits per heavy atom. The van der Waals surface area contributed by atoms with E-state index in [-0.39, 0.29) is 6.54 Å². The monoisotopic (exact) mass is 249 g/mol. The third-order valence-corrected chi connectivity index (χ3v) is 2.79. The number of halogens is 4. The number of anilines is 1. The lowest BCUT2D eigenvalue weighted by Crippen LogP contribution is -2.23. The minimum atomic E-state index is -2.66. The van der Waals surface area contributed by atoms with E-state index >= 15 is 0 Å². The Kier molecular flexibility index (Phi) is 3.44. The van der Waals surface area contributed by atoms with Crippen molar-refractivity contribution in [3.05, 3.63) is 18.1 Å². The van der Waals surface area contributed by atoms with Gasteiger partial charge in [-0.25, -0.2) is 27.5 Å².